The number of hydrogen-bond acceptors (Lipinski definition) is 3. The monoisotopic (exact) mass is 392 g/mol. The average Bonchev–Trinajstić information content (AvgIpc) is 3.07. The maximum Gasteiger partial charge on any atom is 0.251 e. The molecule has 2 aromatic carbocycles. The van der Waals surface area contributed by atoms with Crippen LogP contribution in [0.15, 0.2) is 53.5 Å². The molecule has 29 heavy (non-hydrogen) atoms. The third kappa shape index (κ3) is 5.13. The van der Waals surface area contributed by atoms with Crippen molar-refractivity contribution < 1.29 is 4.79 Å². The number of aryl methyl sites for hydroxylation is 1. The second kappa shape index (κ2) is 9.73. The Morgan fingerprint density at radius 3 is 2.72 bits per heavy atom. The largest absolute Gasteiger partial charge is 0.357 e. The molecule has 3 aromatic rings. The molecular formula is C22H28N6O. The first-order valence-electron chi connectivity index (χ1n) is 9.86. The van der Waals surface area contributed by atoms with Crippen LogP contribution in [0.5, 0.6) is 0 Å². The van der Waals surface area contributed by atoms with Gasteiger partial charge in [-0.3, -0.25) is 4.79 Å². The molecule has 0 saturated carbocycles. The molecule has 0 saturated heterocycles. The first-order valence-corrected chi connectivity index (χ1v) is 9.86. The number of para-hydroxylation sites is 2. The zero-order chi connectivity index (χ0) is 20.6. The molecule has 1 aromatic heterocycles. The number of nitrogens with one attached hydrogen (secondary N) is 3. The van der Waals surface area contributed by atoms with E-state index >= 15 is 0 Å². The van der Waals surface area contributed by atoms with Gasteiger partial charge in [-0.1, -0.05) is 24.3 Å². The summed E-state index contributed by atoms with van der Waals surface area (Å²) in [5, 5.41) is 9.28. The van der Waals surface area contributed by atoms with E-state index < -0.39 is 0 Å². The number of amides is 1. The second-order valence-electron chi connectivity index (χ2n) is 6.73. The summed E-state index contributed by atoms with van der Waals surface area (Å²) >= 11 is 0. The molecule has 152 valence electrons. The molecule has 3 rings (SSSR count). The number of hydrogen-bond donors (Lipinski definition) is 3. The summed E-state index contributed by atoms with van der Waals surface area (Å²) in [6.45, 7) is 4.03. The van der Waals surface area contributed by atoms with Crippen molar-refractivity contribution in [2.45, 2.75) is 19.9 Å². The van der Waals surface area contributed by atoms with Gasteiger partial charge in [-0.25, -0.2) is 9.98 Å². The lowest BCUT2D eigenvalue weighted by Crippen LogP contribution is -2.38. The highest BCUT2D eigenvalue weighted by atomic mass is 16.1. The normalized spacial score (nSPS) is 11.5. The van der Waals surface area contributed by atoms with Crippen LogP contribution in [0, 0.1) is 0 Å². The minimum atomic E-state index is -0.0721. The zero-order valence-electron chi connectivity index (χ0n) is 17.2. The Morgan fingerprint density at radius 1 is 1.14 bits per heavy atom. The number of aromatic nitrogens is 2. The van der Waals surface area contributed by atoms with Gasteiger partial charge in [0.05, 0.1) is 11.0 Å². The Labute approximate surface area is 171 Å². The maximum absolute atomic E-state index is 11.8. The lowest BCUT2D eigenvalue weighted by Gasteiger charge is -2.11. The highest BCUT2D eigenvalue weighted by Crippen LogP contribution is 2.14. The predicted molar refractivity (Wildman–Crippen MR) is 117 cm³/mol. The first kappa shape index (κ1) is 20.4. The zero-order valence-corrected chi connectivity index (χ0v) is 17.2. The topological polar surface area (TPSA) is 83.3 Å². The Morgan fingerprint density at radius 2 is 1.97 bits per heavy atom. The molecule has 0 spiro atoms. The van der Waals surface area contributed by atoms with Crippen LogP contribution in [0.3, 0.4) is 0 Å². The van der Waals surface area contributed by atoms with E-state index in [0.717, 1.165) is 41.3 Å². The smallest absolute Gasteiger partial charge is 0.251 e. The Bertz CT molecular complexity index is 1010. The number of benzene rings is 2. The van der Waals surface area contributed by atoms with E-state index in [-0.39, 0.29) is 5.91 Å². The van der Waals surface area contributed by atoms with Crippen LogP contribution in [0.25, 0.3) is 11.0 Å². The van der Waals surface area contributed by atoms with Gasteiger partial charge in [-0.05, 0) is 43.2 Å². The minimum Gasteiger partial charge on any atom is -0.357 e. The SMILES string of the molecule is CCNC(=NCc1nc2ccccc2n1C)NCCc1cccc(C(=O)NC)c1. The molecule has 0 atom stereocenters. The summed E-state index contributed by atoms with van der Waals surface area (Å²) in [7, 11) is 3.65. The predicted octanol–water partition coefficient (Wildman–Crippen LogP) is 2.23. The van der Waals surface area contributed by atoms with Gasteiger partial charge in [0, 0.05) is 32.7 Å². The standard InChI is InChI=1S/C22H28N6O/c1-4-24-22(25-13-12-16-8-7-9-17(14-16)21(29)23-2)26-15-20-27-18-10-5-6-11-19(18)28(20)3/h5-11,14H,4,12-13,15H2,1-3H3,(H,23,29)(H2,24,25,26). The molecule has 0 bridgehead atoms. The first-order chi connectivity index (χ1) is 14.1. The highest BCUT2D eigenvalue weighted by Gasteiger charge is 2.07. The number of carbonyl (C=O) groups excluding carboxylic acids is 1. The van der Waals surface area contributed by atoms with Gasteiger partial charge >= 0.3 is 0 Å². The van der Waals surface area contributed by atoms with Crippen LogP contribution in [-0.2, 0) is 20.0 Å². The Hall–Kier alpha value is -3.35. The molecule has 0 aliphatic rings. The van der Waals surface area contributed by atoms with Crippen LogP contribution in [0.4, 0.5) is 0 Å². The van der Waals surface area contributed by atoms with Crippen LogP contribution < -0.4 is 16.0 Å². The molecule has 1 amide bonds. The number of guanidine groups is 1. The molecule has 3 N–H and O–H groups in total. The third-order valence-electron chi connectivity index (χ3n) is 4.72. The van der Waals surface area contributed by atoms with Crippen molar-refractivity contribution >= 4 is 22.9 Å². The fraction of sp³-hybridized carbons (Fsp3) is 0.318. The molecule has 7 heteroatoms. The summed E-state index contributed by atoms with van der Waals surface area (Å²) in [5.41, 5.74) is 3.86. The summed E-state index contributed by atoms with van der Waals surface area (Å²) < 4.78 is 2.08. The quantitative estimate of drug-likeness (QED) is 0.425. The second-order valence-corrected chi connectivity index (χ2v) is 6.73. The van der Waals surface area contributed by atoms with Gasteiger partial charge in [-0.2, -0.15) is 0 Å². The minimum absolute atomic E-state index is 0.0721. The molecular weight excluding hydrogens is 364 g/mol. The number of fused-ring (bicyclic) bond motifs is 1. The number of rotatable bonds is 7. The molecule has 7 nitrogen and oxygen atoms in total. The van der Waals surface area contributed by atoms with E-state index in [9.17, 15) is 4.79 Å². The summed E-state index contributed by atoms with van der Waals surface area (Å²) in [6.07, 6.45) is 0.793. The van der Waals surface area contributed by atoms with Crippen LogP contribution in [0.2, 0.25) is 0 Å². The van der Waals surface area contributed by atoms with Gasteiger partial charge in [0.25, 0.3) is 5.91 Å². The van der Waals surface area contributed by atoms with E-state index in [0.29, 0.717) is 18.7 Å². The van der Waals surface area contributed by atoms with Gasteiger partial charge in [0.1, 0.15) is 12.4 Å². The molecule has 0 unspecified atom stereocenters. The molecule has 1 heterocycles. The van der Waals surface area contributed by atoms with E-state index in [2.05, 4.69) is 36.6 Å². The van der Waals surface area contributed by atoms with Crippen molar-refractivity contribution in [3.05, 3.63) is 65.5 Å². The van der Waals surface area contributed by atoms with Crippen molar-refractivity contribution in [1.82, 2.24) is 25.5 Å². The van der Waals surface area contributed by atoms with Gasteiger partial charge in [0.15, 0.2) is 5.96 Å². The summed E-state index contributed by atoms with van der Waals surface area (Å²) in [4.78, 5) is 21.1. The molecule has 0 aliphatic carbocycles. The lowest BCUT2D eigenvalue weighted by atomic mass is 10.1. The van der Waals surface area contributed by atoms with Crippen molar-refractivity contribution in [3.63, 3.8) is 0 Å². The third-order valence-corrected chi connectivity index (χ3v) is 4.72. The van der Waals surface area contributed by atoms with Crippen LogP contribution in [-0.4, -0.2) is 41.6 Å². The summed E-state index contributed by atoms with van der Waals surface area (Å²) in [6, 6.07) is 15.8. The Balaban J connectivity index is 1.62. The highest BCUT2D eigenvalue weighted by molar-refractivity contribution is 5.94. The fourth-order valence-electron chi connectivity index (χ4n) is 3.17. The summed E-state index contributed by atoms with van der Waals surface area (Å²) in [5.74, 6) is 1.60. The van der Waals surface area contributed by atoms with Gasteiger partial charge in [0.2, 0.25) is 0 Å². The molecule has 0 aliphatic heterocycles. The Kier molecular flexibility index (Phi) is 6.84. The van der Waals surface area contributed by atoms with Crippen LogP contribution in [0.1, 0.15) is 28.7 Å². The van der Waals surface area contributed by atoms with Gasteiger partial charge < -0.3 is 20.5 Å². The van der Waals surface area contributed by atoms with Crippen molar-refractivity contribution in [1.29, 1.82) is 0 Å². The van der Waals surface area contributed by atoms with Crippen LogP contribution >= 0.6 is 0 Å². The number of carbonyl (C=O) groups is 1. The van der Waals surface area contributed by atoms with E-state index in [1.807, 2.05) is 56.4 Å². The fourth-order valence-corrected chi connectivity index (χ4v) is 3.17. The molecule has 0 radical (unpaired) electrons. The van der Waals surface area contributed by atoms with E-state index in [1.165, 1.54) is 0 Å². The number of nitrogens with zero attached hydrogens (tertiary/aromatic N) is 3. The van der Waals surface area contributed by atoms with E-state index in [1.54, 1.807) is 7.05 Å². The van der Waals surface area contributed by atoms with Crippen molar-refractivity contribution in [2.75, 3.05) is 20.1 Å². The van der Waals surface area contributed by atoms with Crippen molar-refractivity contribution in [2.24, 2.45) is 12.0 Å². The maximum atomic E-state index is 11.8. The molecule has 0 fully saturated rings. The number of aliphatic imine (C=N–C) groups is 1. The average molecular weight is 393 g/mol. The number of imidazole rings is 1. The lowest BCUT2D eigenvalue weighted by molar-refractivity contribution is 0.0963. The van der Waals surface area contributed by atoms with Gasteiger partial charge in [-0.15, -0.1) is 0 Å². The van der Waals surface area contributed by atoms with E-state index in [4.69, 9.17) is 0 Å². The van der Waals surface area contributed by atoms with Crippen molar-refractivity contribution in [3.8, 4) is 0 Å².